The van der Waals surface area contributed by atoms with Crippen molar-refractivity contribution >= 4 is 23.8 Å². The van der Waals surface area contributed by atoms with Gasteiger partial charge in [0.1, 0.15) is 18.4 Å². The first-order valence-electron chi connectivity index (χ1n) is 11.4. The quantitative estimate of drug-likeness (QED) is 0.173. The third-order valence-electron chi connectivity index (χ3n) is 6.83. The van der Waals surface area contributed by atoms with Crippen LogP contribution in [0.3, 0.4) is 0 Å². The molecule has 1 saturated carbocycles. The molecule has 0 aromatic rings. The molecule has 0 spiro atoms. The van der Waals surface area contributed by atoms with Crippen LogP contribution in [-0.2, 0) is 19.2 Å². The van der Waals surface area contributed by atoms with E-state index in [1.165, 1.54) is 0 Å². The van der Waals surface area contributed by atoms with Gasteiger partial charge in [-0.25, -0.2) is 4.79 Å². The van der Waals surface area contributed by atoms with Crippen LogP contribution in [0.4, 0.5) is 0 Å². The third-order valence-corrected chi connectivity index (χ3v) is 6.83. The Bertz CT molecular complexity index is 744. The first-order chi connectivity index (χ1) is 15.7. The lowest BCUT2D eigenvalue weighted by Crippen LogP contribution is -2.78. The number of likely N-dealkylation sites (N-methyl/N-ethyl adjacent to an activating group) is 1. The summed E-state index contributed by atoms with van der Waals surface area (Å²) in [5.74, 6) is -3.05. The molecule has 3 aliphatic rings. The van der Waals surface area contributed by atoms with Gasteiger partial charge in [0.25, 0.3) is 0 Å². The van der Waals surface area contributed by atoms with Crippen LogP contribution in [0.1, 0.15) is 38.5 Å². The number of piperazine rings is 1. The fourth-order valence-electron chi connectivity index (χ4n) is 4.83. The average Bonchev–Trinajstić information content (AvgIpc) is 2.75. The molecule has 2 amide bonds. The molecular weight excluding hydrogens is 434 g/mol. The Hall–Kier alpha value is -2.32. The largest absolute Gasteiger partial charge is 0.481 e. The zero-order chi connectivity index (χ0) is 24.1. The zero-order valence-corrected chi connectivity index (χ0v) is 18.8. The van der Waals surface area contributed by atoms with Crippen LogP contribution in [0.5, 0.6) is 0 Å². The maximum atomic E-state index is 12.5. The summed E-state index contributed by atoms with van der Waals surface area (Å²) in [6.07, 6.45) is 1.58. The van der Waals surface area contributed by atoms with Crippen LogP contribution >= 0.6 is 0 Å². The molecule has 1 aliphatic carbocycles. The Balaban J connectivity index is 1.41. The minimum Gasteiger partial charge on any atom is -0.481 e. The van der Waals surface area contributed by atoms with E-state index in [-0.39, 0.29) is 54.9 Å². The molecule has 33 heavy (non-hydrogen) atoms. The summed E-state index contributed by atoms with van der Waals surface area (Å²) in [7, 11) is 1.92. The molecule has 2 heterocycles. The smallest absolute Gasteiger partial charge is 0.326 e. The molecule has 2 saturated heterocycles. The van der Waals surface area contributed by atoms with Crippen molar-refractivity contribution < 1.29 is 29.4 Å². The molecule has 3 fully saturated rings. The highest BCUT2D eigenvalue weighted by molar-refractivity contribution is 5.85. The van der Waals surface area contributed by atoms with E-state index < -0.39 is 24.3 Å². The monoisotopic (exact) mass is 469 g/mol. The predicted octanol–water partition coefficient (Wildman–Crippen LogP) is -2.87. The summed E-state index contributed by atoms with van der Waals surface area (Å²) in [6.45, 7) is 1.38. The number of carboxylic acids is 2. The number of hydrogen-bond donors (Lipinski definition) is 8. The normalized spacial score (nSPS) is 33.5. The molecule has 0 radical (unpaired) electrons. The number of carbonyl (C=O) groups excluding carboxylic acids is 2. The number of nitrogens with one attached hydrogen (secondary N) is 5. The van der Waals surface area contributed by atoms with Gasteiger partial charge < -0.3 is 26.2 Å². The van der Waals surface area contributed by atoms with E-state index in [2.05, 4.69) is 26.6 Å². The second kappa shape index (κ2) is 11.2. The summed E-state index contributed by atoms with van der Waals surface area (Å²) in [6, 6.07) is -1.20. The Morgan fingerprint density at radius 2 is 1.91 bits per heavy atom. The molecule has 0 aromatic heterocycles. The number of rotatable bonds is 9. The van der Waals surface area contributed by atoms with Gasteiger partial charge in [-0.2, -0.15) is 0 Å². The molecule has 3 unspecified atom stereocenters. The topological polar surface area (TPSA) is 198 Å². The van der Waals surface area contributed by atoms with Crippen molar-refractivity contribution in [1.29, 1.82) is 0 Å². The van der Waals surface area contributed by atoms with Gasteiger partial charge in [0.2, 0.25) is 11.8 Å². The number of carbonyl (C=O) groups is 4. The Morgan fingerprint density at radius 1 is 1.21 bits per heavy atom. The number of nitrogens with zero attached hydrogens (tertiary/aromatic N) is 1. The van der Waals surface area contributed by atoms with Crippen molar-refractivity contribution in [2.45, 2.75) is 75.1 Å². The zero-order valence-electron chi connectivity index (χ0n) is 18.8. The standard InChI is InChI=1S/C20H35N7O6/c1-27-12(9-23-16-15(27)18(31)26-20(21)25-16)8-22-11-4-2-10(3-5-11)17(30)24-13(19(32)33)6-7-14(28)29/h10-13,15-16,20,22-23,25H,2-9,21H2,1H3,(H,24,30)(H,26,31)(H,28,29)(H,32,33)/t10?,11?,12-,13-,15?,16?,20?/m0/s1. The Labute approximate surface area is 192 Å². The number of nitrogens with two attached hydrogens (primary N) is 1. The van der Waals surface area contributed by atoms with Gasteiger partial charge in [-0.15, -0.1) is 0 Å². The van der Waals surface area contributed by atoms with Crippen LogP contribution in [-0.4, -0.2) is 95.6 Å². The summed E-state index contributed by atoms with van der Waals surface area (Å²) in [5, 5.41) is 33.2. The van der Waals surface area contributed by atoms with E-state index >= 15 is 0 Å². The molecule has 3 rings (SSSR count). The predicted molar refractivity (Wildman–Crippen MR) is 117 cm³/mol. The number of carboxylic acid groups (broad SMARTS) is 2. The fraction of sp³-hybridized carbons (Fsp3) is 0.800. The lowest BCUT2D eigenvalue weighted by molar-refractivity contribution is -0.144. The molecule has 5 atom stereocenters. The number of aliphatic carboxylic acids is 2. The molecule has 0 bridgehead atoms. The van der Waals surface area contributed by atoms with Crippen LogP contribution in [0.15, 0.2) is 0 Å². The van der Waals surface area contributed by atoms with Crippen molar-refractivity contribution in [2.24, 2.45) is 11.7 Å². The van der Waals surface area contributed by atoms with Crippen molar-refractivity contribution in [3.8, 4) is 0 Å². The minimum atomic E-state index is -1.23. The number of hydrogen-bond acceptors (Lipinski definition) is 9. The highest BCUT2D eigenvalue weighted by Crippen LogP contribution is 2.25. The SMILES string of the molecule is CN1C2C(=O)NC(N)NC2NC[C@@H]1CNC1CCC(C(=O)N[C@@H](CCC(=O)O)C(=O)O)CC1. The second-order valence-electron chi connectivity index (χ2n) is 9.09. The van der Waals surface area contributed by atoms with Gasteiger partial charge in [0, 0.05) is 37.5 Å². The summed E-state index contributed by atoms with van der Waals surface area (Å²) in [4.78, 5) is 48.9. The van der Waals surface area contributed by atoms with Gasteiger partial charge in [-0.05, 0) is 39.2 Å². The van der Waals surface area contributed by atoms with E-state index in [0.717, 1.165) is 12.8 Å². The van der Waals surface area contributed by atoms with Gasteiger partial charge in [-0.1, -0.05) is 0 Å². The van der Waals surface area contributed by atoms with Crippen molar-refractivity contribution in [1.82, 2.24) is 31.5 Å². The minimum absolute atomic E-state index is 0.111. The lowest BCUT2D eigenvalue weighted by Gasteiger charge is -2.48. The van der Waals surface area contributed by atoms with Crippen LogP contribution < -0.4 is 32.3 Å². The fourth-order valence-corrected chi connectivity index (χ4v) is 4.83. The van der Waals surface area contributed by atoms with Crippen molar-refractivity contribution in [2.75, 3.05) is 20.1 Å². The van der Waals surface area contributed by atoms with Crippen molar-refractivity contribution in [3.05, 3.63) is 0 Å². The van der Waals surface area contributed by atoms with E-state index in [9.17, 15) is 24.3 Å². The van der Waals surface area contributed by atoms with Gasteiger partial charge in [0.15, 0.2) is 0 Å². The van der Waals surface area contributed by atoms with Crippen molar-refractivity contribution in [3.63, 3.8) is 0 Å². The van der Waals surface area contributed by atoms with Gasteiger partial charge >= 0.3 is 11.9 Å². The highest BCUT2D eigenvalue weighted by atomic mass is 16.4. The van der Waals surface area contributed by atoms with Crippen LogP contribution in [0, 0.1) is 5.92 Å². The number of amides is 2. The Kier molecular flexibility index (Phi) is 8.59. The van der Waals surface area contributed by atoms with E-state index in [4.69, 9.17) is 10.8 Å². The van der Waals surface area contributed by atoms with Gasteiger partial charge in [-0.3, -0.25) is 35.7 Å². The average molecular weight is 470 g/mol. The summed E-state index contributed by atoms with van der Waals surface area (Å²) < 4.78 is 0. The first-order valence-corrected chi connectivity index (χ1v) is 11.4. The van der Waals surface area contributed by atoms with E-state index in [1.54, 1.807) is 0 Å². The van der Waals surface area contributed by atoms with Crippen LogP contribution in [0.2, 0.25) is 0 Å². The van der Waals surface area contributed by atoms with E-state index in [0.29, 0.717) is 25.9 Å². The molecule has 13 heteroatoms. The molecular formula is C20H35N7O6. The van der Waals surface area contributed by atoms with Crippen LogP contribution in [0.25, 0.3) is 0 Å². The number of fused-ring (bicyclic) bond motifs is 1. The summed E-state index contributed by atoms with van der Waals surface area (Å²) >= 11 is 0. The molecule has 186 valence electrons. The maximum absolute atomic E-state index is 12.5. The molecule has 2 aliphatic heterocycles. The molecule has 13 nitrogen and oxygen atoms in total. The molecule has 9 N–H and O–H groups in total. The maximum Gasteiger partial charge on any atom is 0.326 e. The third kappa shape index (κ3) is 6.60. The highest BCUT2D eigenvalue weighted by Gasteiger charge is 2.43. The lowest BCUT2D eigenvalue weighted by atomic mass is 9.85. The second-order valence-corrected chi connectivity index (χ2v) is 9.09. The van der Waals surface area contributed by atoms with Gasteiger partial charge in [0.05, 0.1) is 6.17 Å². The Morgan fingerprint density at radius 3 is 2.55 bits per heavy atom. The first kappa shape index (κ1) is 25.3. The molecule has 0 aromatic carbocycles. The summed E-state index contributed by atoms with van der Waals surface area (Å²) in [5.41, 5.74) is 5.77. The van der Waals surface area contributed by atoms with E-state index in [1.807, 2.05) is 11.9 Å².